The van der Waals surface area contributed by atoms with Gasteiger partial charge in [-0.2, -0.15) is 0 Å². The summed E-state index contributed by atoms with van der Waals surface area (Å²) in [5.41, 5.74) is 2.28. The zero-order valence-electron chi connectivity index (χ0n) is 14.5. The fourth-order valence-electron chi connectivity index (χ4n) is 2.79. The van der Waals surface area contributed by atoms with Crippen LogP contribution >= 0.6 is 0 Å². The average Bonchev–Trinajstić information content (AvgIpc) is 2.69. The van der Waals surface area contributed by atoms with Gasteiger partial charge in [0.1, 0.15) is 5.69 Å². The number of benzene rings is 1. The van der Waals surface area contributed by atoms with Gasteiger partial charge in [0, 0.05) is 43.6 Å². The van der Waals surface area contributed by atoms with Crippen molar-refractivity contribution in [3.63, 3.8) is 0 Å². The first-order chi connectivity index (χ1) is 12.6. The number of hydrogen-bond donors (Lipinski definition) is 1. The summed E-state index contributed by atoms with van der Waals surface area (Å²) in [6, 6.07) is 10.6. The molecule has 3 rings (SSSR count). The van der Waals surface area contributed by atoms with E-state index in [0.29, 0.717) is 31.7 Å². The molecule has 2 aromatic rings. The number of carbonyl (C=O) groups is 3. The van der Waals surface area contributed by atoms with Gasteiger partial charge in [-0.3, -0.25) is 19.4 Å². The first kappa shape index (κ1) is 17.6. The maximum absolute atomic E-state index is 12.6. The molecule has 1 aliphatic heterocycles. The van der Waals surface area contributed by atoms with Gasteiger partial charge in [0.05, 0.1) is 0 Å². The molecule has 7 nitrogen and oxygen atoms in total. The molecule has 0 unspecified atom stereocenters. The predicted octanol–water partition coefficient (Wildman–Crippen LogP) is 1.56. The minimum absolute atomic E-state index is 0.224. The second kappa shape index (κ2) is 7.77. The highest BCUT2D eigenvalue weighted by Crippen LogP contribution is 2.15. The second-order valence-corrected chi connectivity index (χ2v) is 6.13. The van der Waals surface area contributed by atoms with Crippen LogP contribution in [0, 0.1) is 6.92 Å². The van der Waals surface area contributed by atoms with E-state index in [9.17, 15) is 14.4 Å². The highest BCUT2D eigenvalue weighted by Gasteiger charge is 2.23. The lowest BCUT2D eigenvalue weighted by molar-refractivity contribution is -0.119. The van der Waals surface area contributed by atoms with Gasteiger partial charge in [-0.15, -0.1) is 0 Å². The van der Waals surface area contributed by atoms with E-state index in [0.717, 1.165) is 17.7 Å². The van der Waals surface area contributed by atoms with Crippen LogP contribution in [-0.2, 0) is 4.79 Å². The maximum Gasteiger partial charge on any atom is 0.272 e. The summed E-state index contributed by atoms with van der Waals surface area (Å²) < 4.78 is 0. The smallest absolute Gasteiger partial charge is 0.272 e. The van der Waals surface area contributed by atoms with Gasteiger partial charge in [0.2, 0.25) is 6.41 Å². The quantitative estimate of drug-likeness (QED) is 0.847. The molecule has 1 aliphatic rings. The van der Waals surface area contributed by atoms with Crippen LogP contribution in [0.5, 0.6) is 0 Å². The van der Waals surface area contributed by atoms with Crippen LogP contribution in [0.3, 0.4) is 0 Å². The third-order valence-corrected chi connectivity index (χ3v) is 4.39. The zero-order chi connectivity index (χ0) is 18.5. The van der Waals surface area contributed by atoms with Crippen molar-refractivity contribution in [2.45, 2.75) is 6.92 Å². The summed E-state index contributed by atoms with van der Waals surface area (Å²) in [5.74, 6) is -0.525. The summed E-state index contributed by atoms with van der Waals surface area (Å²) >= 11 is 0. The number of pyridine rings is 1. The summed E-state index contributed by atoms with van der Waals surface area (Å²) in [5, 5.41) is 2.85. The Morgan fingerprint density at radius 1 is 1.12 bits per heavy atom. The van der Waals surface area contributed by atoms with Crippen LogP contribution in [0.15, 0.2) is 42.6 Å². The highest BCUT2D eigenvalue weighted by molar-refractivity contribution is 6.06. The molecule has 1 saturated heterocycles. The molecule has 26 heavy (non-hydrogen) atoms. The minimum Gasteiger partial charge on any atom is -0.342 e. The van der Waals surface area contributed by atoms with Gasteiger partial charge in [-0.25, -0.2) is 0 Å². The van der Waals surface area contributed by atoms with E-state index in [2.05, 4.69) is 10.3 Å². The van der Waals surface area contributed by atoms with Crippen LogP contribution in [0.25, 0.3) is 0 Å². The molecule has 134 valence electrons. The first-order valence-electron chi connectivity index (χ1n) is 8.40. The SMILES string of the molecule is Cc1ccccc1NC(=O)c1ccnc(C(=O)N2CCN(C=O)CC2)c1. The van der Waals surface area contributed by atoms with E-state index < -0.39 is 0 Å². The van der Waals surface area contributed by atoms with Gasteiger partial charge in [0.25, 0.3) is 11.8 Å². The van der Waals surface area contributed by atoms with Crippen molar-refractivity contribution in [3.05, 3.63) is 59.4 Å². The lowest BCUT2D eigenvalue weighted by atomic mass is 10.1. The molecule has 0 radical (unpaired) electrons. The number of hydrogen-bond acceptors (Lipinski definition) is 4. The topological polar surface area (TPSA) is 82.6 Å². The number of aryl methyl sites for hydroxylation is 1. The molecule has 1 fully saturated rings. The van der Waals surface area contributed by atoms with E-state index >= 15 is 0 Å². The third-order valence-electron chi connectivity index (χ3n) is 4.39. The predicted molar refractivity (Wildman–Crippen MR) is 96.9 cm³/mol. The van der Waals surface area contributed by atoms with Crippen molar-refractivity contribution in [2.75, 3.05) is 31.5 Å². The molecule has 2 heterocycles. The Balaban J connectivity index is 1.71. The van der Waals surface area contributed by atoms with Crippen molar-refractivity contribution in [1.29, 1.82) is 0 Å². The number of rotatable bonds is 4. The van der Waals surface area contributed by atoms with Crippen molar-refractivity contribution in [3.8, 4) is 0 Å². The standard InChI is InChI=1S/C19H20N4O3/c1-14-4-2-3-5-16(14)21-18(25)15-6-7-20-17(12-15)19(26)23-10-8-22(13-24)9-11-23/h2-7,12-13H,8-11H2,1H3,(H,21,25). The molecular weight excluding hydrogens is 332 g/mol. The van der Waals surface area contributed by atoms with Gasteiger partial charge in [-0.05, 0) is 30.7 Å². The number of nitrogens with one attached hydrogen (secondary N) is 1. The fraction of sp³-hybridized carbons (Fsp3) is 0.263. The molecule has 0 saturated carbocycles. The van der Waals surface area contributed by atoms with Crippen LogP contribution in [-0.4, -0.2) is 59.2 Å². The number of aromatic nitrogens is 1. The van der Waals surface area contributed by atoms with Crippen LogP contribution in [0.4, 0.5) is 5.69 Å². The molecule has 1 N–H and O–H groups in total. The van der Waals surface area contributed by atoms with Crippen molar-refractivity contribution in [2.24, 2.45) is 0 Å². The fourth-order valence-corrected chi connectivity index (χ4v) is 2.79. The maximum atomic E-state index is 12.6. The highest BCUT2D eigenvalue weighted by atomic mass is 16.2. The Bertz CT molecular complexity index is 829. The van der Waals surface area contributed by atoms with E-state index in [1.165, 1.54) is 12.3 Å². The summed E-state index contributed by atoms with van der Waals surface area (Å²) in [4.78, 5) is 43.2. The zero-order valence-corrected chi connectivity index (χ0v) is 14.5. The monoisotopic (exact) mass is 352 g/mol. The summed E-state index contributed by atoms with van der Waals surface area (Å²) in [7, 11) is 0. The Kier molecular flexibility index (Phi) is 5.26. The molecule has 0 bridgehead atoms. The largest absolute Gasteiger partial charge is 0.342 e. The molecule has 0 aliphatic carbocycles. The van der Waals surface area contributed by atoms with Gasteiger partial charge in [-0.1, -0.05) is 18.2 Å². The Labute approximate surface area is 151 Å². The lowest BCUT2D eigenvalue weighted by Crippen LogP contribution is -2.48. The number of anilines is 1. The van der Waals surface area contributed by atoms with Crippen LogP contribution < -0.4 is 5.32 Å². The molecule has 0 atom stereocenters. The van der Waals surface area contributed by atoms with Gasteiger partial charge >= 0.3 is 0 Å². The third kappa shape index (κ3) is 3.88. The number of para-hydroxylation sites is 1. The van der Waals surface area contributed by atoms with Crippen molar-refractivity contribution < 1.29 is 14.4 Å². The van der Waals surface area contributed by atoms with E-state index in [1.807, 2.05) is 31.2 Å². The number of nitrogens with zero attached hydrogens (tertiary/aromatic N) is 3. The molecule has 0 spiro atoms. The minimum atomic E-state index is -0.290. The van der Waals surface area contributed by atoms with Crippen LogP contribution in [0.1, 0.15) is 26.4 Å². The first-order valence-corrected chi connectivity index (χ1v) is 8.40. The molecule has 1 aromatic heterocycles. The van der Waals surface area contributed by atoms with Crippen molar-refractivity contribution in [1.82, 2.24) is 14.8 Å². The van der Waals surface area contributed by atoms with E-state index in [-0.39, 0.29) is 17.5 Å². The average molecular weight is 352 g/mol. The van der Waals surface area contributed by atoms with Gasteiger partial charge in [0.15, 0.2) is 0 Å². The van der Waals surface area contributed by atoms with Gasteiger partial charge < -0.3 is 15.1 Å². The second-order valence-electron chi connectivity index (χ2n) is 6.13. The molecular formula is C19H20N4O3. The van der Waals surface area contributed by atoms with E-state index in [4.69, 9.17) is 0 Å². The molecule has 7 heteroatoms. The Hall–Kier alpha value is -3.22. The normalized spacial score (nSPS) is 14.0. The van der Waals surface area contributed by atoms with E-state index in [1.54, 1.807) is 15.9 Å². The Morgan fingerprint density at radius 2 is 1.85 bits per heavy atom. The van der Waals surface area contributed by atoms with Crippen molar-refractivity contribution >= 4 is 23.9 Å². The number of amides is 3. The summed E-state index contributed by atoms with van der Waals surface area (Å²) in [6.45, 7) is 3.83. The summed E-state index contributed by atoms with van der Waals surface area (Å²) in [6.07, 6.45) is 2.25. The van der Waals surface area contributed by atoms with Crippen LogP contribution in [0.2, 0.25) is 0 Å². The Morgan fingerprint density at radius 3 is 2.54 bits per heavy atom. The molecule has 3 amide bonds. The number of carbonyl (C=O) groups excluding carboxylic acids is 3. The lowest BCUT2D eigenvalue weighted by Gasteiger charge is -2.32. The number of piperazine rings is 1. The molecule has 1 aromatic carbocycles.